The Labute approximate surface area is 326 Å². The summed E-state index contributed by atoms with van der Waals surface area (Å²) in [5.41, 5.74) is 7.33. The number of aromatic nitrogens is 1. The topological polar surface area (TPSA) is 208 Å². The van der Waals surface area contributed by atoms with Crippen LogP contribution in [-0.2, 0) is 48.3 Å². The Morgan fingerprint density at radius 3 is 2.44 bits per heavy atom. The maximum absolute atomic E-state index is 13.6. The molecule has 0 bridgehead atoms. The van der Waals surface area contributed by atoms with E-state index in [9.17, 15) is 27.6 Å². The maximum Gasteiger partial charge on any atom is 0.416 e. The van der Waals surface area contributed by atoms with E-state index in [-0.39, 0.29) is 30.4 Å². The first-order valence-electron chi connectivity index (χ1n) is 18.2. The molecular formula is C38H52N6O9S2. The lowest BCUT2D eigenvalue weighted by Gasteiger charge is -2.31. The molecule has 3 heterocycles. The second-order valence-electron chi connectivity index (χ2n) is 14.2. The van der Waals surface area contributed by atoms with E-state index in [0.717, 1.165) is 36.1 Å². The number of anilines is 1. The van der Waals surface area contributed by atoms with Crippen LogP contribution in [0.1, 0.15) is 77.0 Å². The number of nitrogens with one attached hydrogen (secondary N) is 3. The molecule has 1 aliphatic heterocycles. The molecule has 4 rings (SSSR count). The fraction of sp³-hybridized carbons (Fsp3) is 0.500. The molecule has 17 heteroatoms. The van der Waals surface area contributed by atoms with Gasteiger partial charge in [-0.1, -0.05) is 6.07 Å². The maximum atomic E-state index is 13.6. The molecule has 1 aromatic carbocycles. The summed E-state index contributed by atoms with van der Waals surface area (Å²) in [7, 11) is -3.12. The van der Waals surface area contributed by atoms with Gasteiger partial charge in [0.15, 0.2) is 0 Å². The van der Waals surface area contributed by atoms with Crippen LogP contribution in [0.4, 0.5) is 10.6 Å². The predicted octanol–water partition coefficient (Wildman–Crippen LogP) is 3.72. The molecule has 300 valence electrons. The summed E-state index contributed by atoms with van der Waals surface area (Å²) < 4.78 is 45.8. The number of aryl methyl sites for hydroxylation is 5. The zero-order chi connectivity index (χ0) is 40.3. The lowest BCUT2D eigenvalue weighted by molar-refractivity contribution is -0.142. The molecule has 0 unspecified atom stereocenters. The number of thiophene rings is 1. The summed E-state index contributed by atoms with van der Waals surface area (Å²) in [6.07, 6.45) is 3.12. The minimum Gasteiger partial charge on any atom is -0.494 e. The van der Waals surface area contributed by atoms with Gasteiger partial charge in [0.25, 0.3) is 5.91 Å². The van der Waals surface area contributed by atoms with Crippen LogP contribution in [0.5, 0.6) is 5.75 Å². The summed E-state index contributed by atoms with van der Waals surface area (Å²) in [4.78, 5) is 58.2. The first-order chi connectivity index (χ1) is 26.0. The number of carbonyl (C=O) groups excluding carboxylic acids is 4. The quantitative estimate of drug-likeness (QED) is 0.114. The van der Waals surface area contributed by atoms with Gasteiger partial charge in [0.1, 0.15) is 23.2 Å². The average Bonchev–Trinajstić information content (AvgIpc) is 3.60. The molecule has 3 amide bonds. The predicted molar refractivity (Wildman–Crippen MR) is 209 cm³/mol. The highest BCUT2D eigenvalue weighted by atomic mass is 32.2. The van der Waals surface area contributed by atoms with Crippen molar-refractivity contribution in [2.24, 2.45) is 5.73 Å². The summed E-state index contributed by atoms with van der Waals surface area (Å²) in [6.45, 7) is 9.88. The number of hydrogen-bond acceptors (Lipinski definition) is 12. The normalized spacial score (nSPS) is 13.4. The fourth-order valence-electron chi connectivity index (χ4n) is 5.98. The van der Waals surface area contributed by atoms with E-state index in [2.05, 4.69) is 15.4 Å². The van der Waals surface area contributed by atoms with Gasteiger partial charge in [-0.3, -0.25) is 19.3 Å². The third kappa shape index (κ3) is 12.5. The van der Waals surface area contributed by atoms with E-state index >= 15 is 0 Å². The Morgan fingerprint density at radius 1 is 1.04 bits per heavy atom. The van der Waals surface area contributed by atoms with Crippen molar-refractivity contribution in [3.8, 4) is 5.75 Å². The fourth-order valence-corrected chi connectivity index (χ4v) is 8.54. The summed E-state index contributed by atoms with van der Waals surface area (Å²) in [5.74, 6) is -0.423. The second-order valence-corrected chi connectivity index (χ2v) is 17.0. The zero-order valence-electron chi connectivity index (χ0n) is 32.3. The van der Waals surface area contributed by atoms with E-state index in [0.29, 0.717) is 66.5 Å². The Kier molecular flexibility index (Phi) is 15.2. The van der Waals surface area contributed by atoms with Gasteiger partial charge in [-0.15, -0.1) is 11.3 Å². The van der Waals surface area contributed by atoms with Gasteiger partial charge in [-0.25, -0.2) is 18.2 Å². The molecule has 0 aliphatic carbocycles. The van der Waals surface area contributed by atoms with Crippen LogP contribution in [0, 0.1) is 13.8 Å². The Bertz CT molecular complexity index is 1940. The molecule has 55 heavy (non-hydrogen) atoms. The summed E-state index contributed by atoms with van der Waals surface area (Å²) in [5, 5.41) is 5.34. The van der Waals surface area contributed by atoms with Crippen LogP contribution in [0.15, 0.2) is 41.3 Å². The number of carbonyl (C=O) groups is 4. The Morgan fingerprint density at radius 2 is 1.76 bits per heavy atom. The van der Waals surface area contributed by atoms with Crippen molar-refractivity contribution in [1.82, 2.24) is 20.3 Å². The minimum atomic E-state index is -4.26. The van der Waals surface area contributed by atoms with Gasteiger partial charge in [0.2, 0.25) is 15.9 Å². The molecule has 0 spiro atoms. The largest absolute Gasteiger partial charge is 0.494 e. The first kappa shape index (κ1) is 43.2. The van der Waals surface area contributed by atoms with Crippen molar-refractivity contribution in [2.75, 3.05) is 44.8 Å². The molecule has 0 radical (unpaired) electrons. The Balaban J connectivity index is 1.34. The number of nitrogens with two attached hydrogens (primary N) is 1. The SMILES string of the molecule is COC(=O)[C@H](CNC(=O)c1ccc(CCc2ccc3c(n2)N(C(=O)OC(C)(C)C)CCC3)s1)NS(=O)(=O)c1c(C)cc(OCCCC(=O)NCCN)cc1C. The molecule has 0 fully saturated rings. The highest BCUT2D eigenvalue weighted by Gasteiger charge is 2.31. The standard InChI is InChI=1S/C38H52N6O9S2/c1-24-21-28(52-20-8-10-32(45)40-18-17-39)22-25(2)33(24)55(49,50)43-30(36(47)51-6)23-41-35(46)31-16-15-29(54-31)14-13-27-12-11-26-9-7-19-44(34(26)42-27)37(48)53-38(3,4)5/h11-12,15-16,21-22,30,43H,7-10,13-14,17-20,23,39H2,1-6H3,(H,40,45)(H,41,46)/t30-/m0/s1. The third-order valence-electron chi connectivity index (χ3n) is 8.46. The lowest BCUT2D eigenvalue weighted by atomic mass is 10.0. The molecule has 0 saturated carbocycles. The van der Waals surface area contributed by atoms with Crippen molar-refractivity contribution >= 4 is 51.1 Å². The number of rotatable bonds is 17. The molecule has 0 saturated heterocycles. The second kappa shape index (κ2) is 19.3. The number of ether oxygens (including phenoxy) is 3. The number of fused-ring (bicyclic) bond motifs is 1. The molecule has 3 aromatic rings. The van der Waals surface area contributed by atoms with E-state index in [1.807, 2.05) is 39.0 Å². The van der Waals surface area contributed by atoms with E-state index in [4.69, 9.17) is 24.9 Å². The molecule has 5 N–H and O–H groups in total. The van der Waals surface area contributed by atoms with E-state index in [1.54, 1.807) is 36.9 Å². The minimum absolute atomic E-state index is 0.0323. The summed E-state index contributed by atoms with van der Waals surface area (Å²) >= 11 is 1.28. The third-order valence-corrected chi connectivity index (χ3v) is 11.4. The van der Waals surface area contributed by atoms with Crippen LogP contribution in [-0.4, -0.2) is 88.8 Å². The van der Waals surface area contributed by atoms with Crippen molar-refractivity contribution in [2.45, 2.75) is 89.7 Å². The highest BCUT2D eigenvalue weighted by Crippen LogP contribution is 2.29. The van der Waals surface area contributed by atoms with Crippen molar-refractivity contribution in [3.63, 3.8) is 0 Å². The molecule has 15 nitrogen and oxygen atoms in total. The van der Waals surface area contributed by atoms with Crippen molar-refractivity contribution in [3.05, 3.63) is 68.5 Å². The van der Waals surface area contributed by atoms with E-state index < -0.39 is 39.6 Å². The van der Waals surface area contributed by atoms with Gasteiger partial charge >= 0.3 is 12.1 Å². The molecular weight excluding hydrogens is 749 g/mol. The van der Waals surface area contributed by atoms with Crippen LogP contribution < -0.4 is 30.7 Å². The summed E-state index contributed by atoms with van der Waals surface area (Å²) in [6, 6.07) is 9.19. The van der Waals surface area contributed by atoms with Crippen LogP contribution in [0.3, 0.4) is 0 Å². The monoisotopic (exact) mass is 800 g/mol. The highest BCUT2D eigenvalue weighted by molar-refractivity contribution is 7.89. The van der Waals surface area contributed by atoms with Crippen molar-refractivity contribution < 1.29 is 41.8 Å². The first-order valence-corrected chi connectivity index (χ1v) is 20.5. The molecule has 1 atom stereocenters. The number of benzene rings is 1. The number of pyridine rings is 1. The molecule has 2 aromatic heterocycles. The van der Waals surface area contributed by atoms with Gasteiger partial charge in [-0.2, -0.15) is 4.72 Å². The number of sulfonamides is 1. The number of hydrogen-bond donors (Lipinski definition) is 4. The number of esters is 1. The van der Waals surface area contributed by atoms with Gasteiger partial charge in [0.05, 0.1) is 23.5 Å². The number of amides is 3. The number of nitrogens with zero attached hydrogens (tertiary/aromatic N) is 2. The van der Waals surface area contributed by atoms with Crippen LogP contribution >= 0.6 is 11.3 Å². The van der Waals surface area contributed by atoms with Gasteiger partial charge < -0.3 is 30.6 Å². The van der Waals surface area contributed by atoms with E-state index in [1.165, 1.54) is 11.3 Å². The van der Waals surface area contributed by atoms with Gasteiger partial charge in [-0.05, 0) is 114 Å². The number of methoxy groups -OCH3 is 1. The van der Waals surface area contributed by atoms with Crippen LogP contribution in [0.25, 0.3) is 0 Å². The average molecular weight is 801 g/mol. The zero-order valence-corrected chi connectivity index (χ0v) is 33.9. The van der Waals surface area contributed by atoms with Gasteiger partial charge in [0, 0.05) is 43.2 Å². The lowest BCUT2D eigenvalue weighted by Crippen LogP contribution is -2.49. The Hall–Kier alpha value is -4.58. The smallest absolute Gasteiger partial charge is 0.416 e. The van der Waals surface area contributed by atoms with Crippen molar-refractivity contribution in [1.29, 1.82) is 0 Å². The molecule has 1 aliphatic rings. The van der Waals surface area contributed by atoms with Crippen LogP contribution in [0.2, 0.25) is 0 Å².